The molecule has 1 aliphatic heterocycles. The fourth-order valence-corrected chi connectivity index (χ4v) is 2.05. The molecule has 0 saturated carbocycles. The van der Waals surface area contributed by atoms with Crippen molar-refractivity contribution < 1.29 is 9.90 Å². The van der Waals surface area contributed by atoms with Crippen molar-refractivity contribution in [3.63, 3.8) is 0 Å². The van der Waals surface area contributed by atoms with Gasteiger partial charge in [0.05, 0.1) is 6.07 Å². The average Bonchev–Trinajstić information content (AvgIpc) is 2.68. The molecule has 0 radical (unpaired) electrons. The number of rotatable bonds is 2. The van der Waals surface area contributed by atoms with Crippen molar-refractivity contribution >= 4 is 11.6 Å². The standard InChI is InChI=1S/C13H13N3O2/c1-10-9-13(18,11-5-3-2-4-6-11)16(15-10)12(17)7-8-14/h2-6,18H,7,9H2,1H3. The molecule has 0 fully saturated rings. The van der Waals surface area contributed by atoms with Crippen LogP contribution in [-0.4, -0.2) is 21.7 Å². The van der Waals surface area contributed by atoms with Crippen molar-refractivity contribution in [2.75, 3.05) is 0 Å². The number of hydrogen-bond acceptors (Lipinski definition) is 4. The second kappa shape index (κ2) is 4.59. The highest BCUT2D eigenvalue weighted by Crippen LogP contribution is 2.35. The fraction of sp³-hybridized carbons (Fsp3) is 0.308. The number of amides is 1. The summed E-state index contributed by atoms with van der Waals surface area (Å²) < 4.78 is 0. The Hall–Kier alpha value is -2.19. The van der Waals surface area contributed by atoms with Crippen LogP contribution in [-0.2, 0) is 10.5 Å². The van der Waals surface area contributed by atoms with Gasteiger partial charge in [0.15, 0.2) is 5.72 Å². The summed E-state index contributed by atoms with van der Waals surface area (Å²) in [7, 11) is 0. The molecule has 0 bridgehead atoms. The molecule has 0 spiro atoms. The van der Waals surface area contributed by atoms with E-state index >= 15 is 0 Å². The maximum absolute atomic E-state index is 11.8. The summed E-state index contributed by atoms with van der Waals surface area (Å²) in [6, 6.07) is 10.7. The molecule has 1 heterocycles. The molecule has 92 valence electrons. The highest BCUT2D eigenvalue weighted by Gasteiger charge is 2.44. The van der Waals surface area contributed by atoms with Gasteiger partial charge >= 0.3 is 0 Å². The van der Waals surface area contributed by atoms with Gasteiger partial charge in [0.2, 0.25) is 0 Å². The Morgan fingerprint density at radius 2 is 2.22 bits per heavy atom. The largest absolute Gasteiger partial charge is 0.365 e. The molecule has 1 aliphatic rings. The third kappa shape index (κ3) is 1.98. The summed E-state index contributed by atoms with van der Waals surface area (Å²) in [6.45, 7) is 1.74. The number of nitriles is 1. The lowest BCUT2D eigenvalue weighted by Crippen LogP contribution is -2.43. The molecule has 1 amide bonds. The maximum Gasteiger partial charge on any atom is 0.259 e. The van der Waals surface area contributed by atoms with Crippen molar-refractivity contribution in [3.8, 4) is 6.07 Å². The van der Waals surface area contributed by atoms with Crippen LogP contribution in [0.1, 0.15) is 25.3 Å². The number of carbonyl (C=O) groups is 1. The second-order valence-electron chi connectivity index (χ2n) is 4.24. The van der Waals surface area contributed by atoms with Gasteiger partial charge in [-0.05, 0) is 6.92 Å². The van der Waals surface area contributed by atoms with E-state index in [2.05, 4.69) is 5.10 Å². The first-order valence-corrected chi connectivity index (χ1v) is 5.60. The monoisotopic (exact) mass is 243 g/mol. The number of hydrazone groups is 1. The van der Waals surface area contributed by atoms with Crippen LogP contribution in [0.3, 0.4) is 0 Å². The number of benzene rings is 1. The van der Waals surface area contributed by atoms with Crippen molar-refractivity contribution in [1.29, 1.82) is 5.26 Å². The molecule has 5 heteroatoms. The number of carbonyl (C=O) groups excluding carboxylic acids is 1. The smallest absolute Gasteiger partial charge is 0.259 e. The van der Waals surface area contributed by atoms with Crippen molar-refractivity contribution in [3.05, 3.63) is 35.9 Å². The highest BCUT2D eigenvalue weighted by molar-refractivity contribution is 5.89. The molecule has 1 N–H and O–H groups in total. The first kappa shape index (κ1) is 12.3. The van der Waals surface area contributed by atoms with Crippen LogP contribution in [0.2, 0.25) is 0 Å². The molecule has 1 atom stereocenters. The number of nitrogens with zero attached hydrogens (tertiary/aromatic N) is 3. The van der Waals surface area contributed by atoms with Crippen LogP contribution in [0.4, 0.5) is 0 Å². The Morgan fingerprint density at radius 1 is 1.56 bits per heavy atom. The van der Waals surface area contributed by atoms with E-state index in [0.717, 1.165) is 5.01 Å². The topological polar surface area (TPSA) is 76.7 Å². The zero-order valence-electron chi connectivity index (χ0n) is 10.00. The Kier molecular flexibility index (Phi) is 3.13. The van der Waals surface area contributed by atoms with E-state index in [0.29, 0.717) is 11.3 Å². The maximum atomic E-state index is 11.8. The van der Waals surface area contributed by atoms with E-state index < -0.39 is 11.6 Å². The van der Waals surface area contributed by atoms with E-state index in [1.54, 1.807) is 37.3 Å². The van der Waals surface area contributed by atoms with Gasteiger partial charge in [-0.1, -0.05) is 30.3 Å². The van der Waals surface area contributed by atoms with Gasteiger partial charge in [-0.2, -0.15) is 15.4 Å². The quantitative estimate of drug-likeness (QED) is 0.851. The lowest BCUT2D eigenvalue weighted by Gasteiger charge is -2.31. The van der Waals surface area contributed by atoms with Crippen LogP contribution in [0.15, 0.2) is 35.4 Å². The third-order valence-electron chi connectivity index (χ3n) is 2.83. The molecule has 0 aliphatic carbocycles. The minimum Gasteiger partial charge on any atom is -0.365 e. The average molecular weight is 243 g/mol. The Balaban J connectivity index is 2.38. The first-order chi connectivity index (χ1) is 8.58. The molecule has 1 unspecified atom stereocenters. The normalized spacial score (nSPS) is 22.5. The SMILES string of the molecule is CC1=NN(C(=O)CC#N)C(O)(c2ccccc2)C1. The zero-order chi connectivity index (χ0) is 13.2. The lowest BCUT2D eigenvalue weighted by atomic mass is 9.97. The molecule has 0 aromatic heterocycles. The van der Waals surface area contributed by atoms with Gasteiger partial charge in [0.1, 0.15) is 6.42 Å². The van der Waals surface area contributed by atoms with E-state index in [9.17, 15) is 9.90 Å². The van der Waals surface area contributed by atoms with E-state index in [4.69, 9.17) is 5.26 Å². The van der Waals surface area contributed by atoms with Crippen LogP contribution >= 0.6 is 0 Å². The minimum atomic E-state index is -1.47. The highest BCUT2D eigenvalue weighted by atomic mass is 16.3. The van der Waals surface area contributed by atoms with Crippen LogP contribution in [0.25, 0.3) is 0 Å². The summed E-state index contributed by atoms with van der Waals surface area (Å²) in [6.07, 6.45) is -0.0416. The zero-order valence-corrected chi connectivity index (χ0v) is 10.00. The molecule has 5 nitrogen and oxygen atoms in total. The van der Waals surface area contributed by atoms with Crippen LogP contribution in [0, 0.1) is 11.3 Å². The molecule has 2 rings (SSSR count). The number of aliphatic hydroxyl groups is 1. The third-order valence-corrected chi connectivity index (χ3v) is 2.83. The summed E-state index contributed by atoms with van der Waals surface area (Å²) in [5, 5.41) is 24.3. The van der Waals surface area contributed by atoms with Crippen LogP contribution in [0.5, 0.6) is 0 Å². The van der Waals surface area contributed by atoms with E-state index in [1.807, 2.05) is 6.07 Å². The summed E-state index contributed by atoms with van der Waals surface area (Å²) >= 11 is 0. The molecule has 1 aromatic rings. The summed E-state index contributed by atoms with van der Waals surface area (Å²) in [5.74, 6) is -0.499. The summed E-state index contributed by atoms with van der Waals surface area (Å²) in [4.78, 5) is 11.8. The Bertz CT molecular complexity index is 533. The Morgan fingerprint density at radius 3 is 2.83 bits per heavy atom. The van der Waals surface area contributed by atoms with Gasteiger partial charge < -0.3 is 5.11 Å². The predicted molar refractivity (Wildman–Crippen MR) is 65.1 cm³/mol. The van der Waals surface area contributed by atoms with Gasteiger partial charge in [-0.25, -0.2) is 0 Å². The lowest BCUT2D eigenvalue weighted by molar-refractivity contribution is -0.156. The van der Waals surface area contributed by atoms with E-state index in [1.165, 1.54) is 0 Å². The van der Waals surface area contributed by atoms with Gasteiger partial charge in [0.25, 0.3) is 5.91 Å². The molecular formula is C13H13N3O2. The minimum absolute atomic E-state index is 0.258. The van der Waals surface area contributed by atoms with Crippen molar-refractivity contribution in [2.45, 2.75) is 25.5 Å². The molecule has 18 heavy (non-hydrogen) atoms. The molecule has 1 aromatic carbocycles. The molecule has 0 saturated heterocycles. The van der Waals surface area contributed by atoms with Gasteiger partial charge in [-0.3, -0.25) is 4.79 Å². The summed E-state index contributed by atoms with van der Waals surface area (Å²) in [5.41, 5.74) is -0.219. The number of hydrogen-bond donors (Lipinski definition) is 1. The van der Waals surface area contributed by atoms with E-state index in [-0.39, 0.29) is 12.8 Å². The van der Waals surface area contributed by atoms with Crippen LogP contribution < -0.4 is 0 Å². The second-order valence-corrected chi connectivity index (χ2v) is 4.24. The van der Waals surface area contributed by atoms with Gasteiger partial charge in [-0.15, -0.1) is 0 Å². The molecular weight excluding hydrogens is 230 g/mol. The Labute approximate surface area is 105 Å². The van der Waals surface area contributed by atoms with Crippen molar-refractivity contribution in [2.24, 2.45) is 5.10 Å². The fourth-order valence-electron chi connectivity index (χ4n) is 2.05. The predicted octanol–water partition coefficient (Wildman–Crippen LogP) is 1.35. The first-order valence-electron chi connectivity index (χ1n) is 5.60. The van der Waals surface area contributed by atoms with Crippen molar-refractivity contribution in [1.82, 2.24) is 5.01 Å². The van der Waals surface area contributed by atoms with Gasteiger partial charge in [0, 0.05) is 17.7 Å².